The zero-order valence-corrected chi connectivity index (χ0v) is 10.8. The third-order valence-electron chi connectivity index (χ3n) is 3.15. The third kappa shape index (κ3) is 2.38. The van der Waals surface area contributed by atoms with Gasteiger partial charge >= 0.3 is 0 Å². The van der Waals surface area contributed by atoms with Gasteiger partial charge in [0, 0.05) is 23.6 Å². The van der Waals surface area contributed by atoms with Gasteiger partial charge in [-0.2, -0.15) is 0 Å². The van der Waals surface area contributed by atoms with Gasteiger partial charge in [-0.25, -0.2) is 4.39 Å². The van der Waals surface area contributed by atoms with Crippen molar-refractivity contribution < 1.29 is 13.5 Å². The van der Waals surface area contributed by atoms with Gasteiger partial charge in [0.1, 0.15) is 29.5 Å². The number of para-hydroxylation sites is 1. The zero-order valence-electron chi connectivity index (χ0n) is 10.8. The molecule has 0 saturated heterocycles. The summed E-state index contributed by atoms with van der Waals surface area (Å²) in [6.45, 7) is 0.601. The molecule has 0 aliphatic rings. The molecule has 0 aliphatic carbocycles. The fourth-order valence-corrected chi connectivity index (χ4v) is 2.20. The summed E-state index contributed by atoms with van der Waals surface area (Å²) in [4.78, 5) is 0. The van der Waals surface area contributed by atoms with Crippen LogP contribution in [0, 0.1) is 5.82 Å². The minimum atomic E-state index is -0.328. The van der Waals surface area contributed by atoms with Crippen LogP contribution < -0.4 is 10.5 Å². The molecule has 0 aliphatic heterocycles. The Morgan fingerprint density at radius 2 is 1.95 bits per heavy atom. The van der Waals surface area contributed by atoms with Crippen LogP contribution in [-0.2, 0) is 13.2 Å². The molecule has 0 amide bonds. The molecule has 102 valence electrons. The van der Waals surface area contributed by atoms with Gasteiger partial charge in [0.15, 0.2) is 0 Å². The summed E-state index contributed by atoms with van der Waals surface area (Å²) in [6, 6.07) is 13.7. The van der Waals surface area contributed by atoms with Crippen LogP contribution >= 0.6 is 0 Å². The molecule has 4 heteroatoms. The van der Waals surface area contributed by atoms with E-state index in [4.69, 9.17) is 14.9 Å². The van der Waals surface area contributed by atoms with Crippen LogP contribution in [0.1, 0.15) is 11.3 Å². The molecule has 0 spiro atoms. The predicted octanol–water partition coefficient (Wildman–Crippen LogP) is 3.61. The van der Waals surface area contributed by atoms with Crippen LogP contribution in [0.4, 0.5) is 4.39 Å². The lowest BCUT2D eigenvalue weighted by Gasteiger charge is -2.05. The summed E-state index contributed by atoms with van der Waals surface area (Å²) >= 11 is 0. The Morgan fingerprint density at radius 3 is 2.75 bits per heavy atom. The van der Waals surface area contributed by atoms with Gasteiger partial charge in [-0.15, -0.1) is 0 Å². The highest BCUT2D eigenvalue weighted by atomic mass is 19.1. The van der Waals surface area contributed by atoms with Crippen molar-refractivity contribution in [3.05, 3.63) is 65.7 Å². The van der Waals surface area contributed by atoms with E-state index in [1.807, 2.05) is 24.3 Å². The first-order valence-corrected chi connectivity index (χ1v) is 6.35. The molecule has 1 heterocycles. The van der Waals surface area contributed by atoms with Gasteiger partial charge in [0.05, 0.1) is 0 Å². The molecule has 0 saturated carbocycles. The number of nitrogens with two attached hydrogens (primary N) is 1. The molecule has 20 heavy (non-hydrogen) atoms. The average Bonchev–Trinajstić information content (AvgIpc) is 2.82. The maximum atomic E-state index is 13.1. The first-order valence-electron chi connectivity index (χ1n) is 6.35. The molecule has 0 unspecified atom stereocenters. The third-order valence-corrected chi connectivity index (χ3v) is 3.15. The monoisotopic (exact) mass is 271 g/mol. The molecule has 0 fully saturated rings. The topological polar surface area (TPSA) is 48.4 Å². The largest absolute Gasteiger partial charge is 0.486 e. The number of halogens is 1. The van der Waals surface area contributed by atoms with Crippen molar-refractivity contribution in [3.8, 4) is 5.75 Å². The lowest BCUT2D eigenvalue weighted by atomic mass is 10.1. The molecule has 2 N–H and O–H groups in total. The smallest absolute Gasteiger partial charge is 0.147 e. The Balaban J connectivity index is 1.87. The van der Waals surface area contributed by atoms with E-state index in [9.17, 15) is 4.39 Å². The van der Waals surface area contributed by atoms with E-state index in [0.717, 1.165) is 16.5 Å². The standard InChI is InChI=1S/C16H14FNO2/c17-11-4-3-5-12(8-11)19-10-16-14(9-18)13-6-1-2-7-15(13)20-16/h1-8H,9-10,18H2. The lowest BCUT2D eigenvalue weighted by Crippen LogP contribution is -2.02. The Bertz CT molecular complexity index is 736. The summed E-state index contributed by atoms with van der Waals surface area (Å²) in [5.41, 5.74) is 7.49. The normalized spacial score (nSPS) is 10.9. The molecule has 2 aromatic carbocycles. The molecule has 3 rings (SSSR count). The SMILES string of the molecule is NCc1c(COc2cccc(F)c2)oc2ccccc12. The van der Waals surface area contributed by atoms with Crippen LogP contribution in [0.2, 0.25) is 0 Å². The maximum Gasteiger partial charge on any atom is 0.147 e. The Hall–Kier alpha value is -2.33. The molecule has 3 nitrogen and oxygen atoms in total. The van der Waals surface area contributed by atoms with Crippen LogP contribution in [0.25, 0.3) is 11.0 Å². The van der Waals surface area contributed by atoms with E-state index in [-0.39, 0.29) is 12.4 Å². The van der Waals surface area contributed by atoms with Crippen LogP contribution in [-0.4, -0.2) is 0 Å². The maximum absolute atomic E-state index is 13.1. The molecule has 3 aromatic rings. The van der Waals surface area contributed by atoms with Crippen molar-refractivity contribution in [3.63, 3.8) is 0 Å². The van der Waals surface area contributed by atoms with Crippen molar-refractivity contribution in [2.45, 2.75) is 13.2 Å². The summed E-state index contributed by atoms with van der Waals surface area (Å²) in [5.74, 6) is 0.817. The summed E-state index contributed by atoms with van der Waals surface area (Å²) in [7, 11) is 0. The highest BCUT2D eigenvalue weighted by Crippen LogP contribution is 2.26. The van der Waals surface area contributed by atoms with Crippen molar-refractivity contribution in [2.24, 2.45) is 5.73 Å². The molecule has 0 atom stereocenters. The van der Waals surface area contributed by atoms with E-state index in [1.165, 1.54) is 12.1 Å². The van der Waals surface area contributed by atoms with Gasteiger partial charge in [0.2, 0.25) is 0 Å². The second-order valence-corrected chi connectivity index (χ2v) is 4.45. The summed E-state index contributed by atoms with van der Waals surface area (Å²) < 4.78 is 24.4. The van der Waals surface area contributed by atoms with Crippen LogP contribution in [0.15, 0.2) is 52.9 Å². The van der Waals surface area contributed by atoms with Gasteiger partial charge in [-0.3, -0.25) is 0 Å². The zero-order chi connectivity index (χ0) is 13.9. The first-order chi connectivity index (χ1) is 9.78. The van der Waals surface area contributed by atoms with E-state index in [2.05, 4.69) is 0 Å². The highest BCUT2D eigenvalue weighted by Gasteiger charge is 2.13. The Kier molecular flexibility index (Phi) is 3.39. The van der Waals surface area contributed by atoms with Crippen LogP contribution in [0.5, 0.6) is 5.75 Å². The quantitative estimate of drug-likeness (QED) is 0.788. The molecule has 0 bridgehead atoms. The minimum absolute atomic E-state index is 0.227. The Labute approximate surface area is 115 Å². The average molecular weight is 271 g/mol. The van der Waals surface area contributed by atoms with Crippen molar-refractivity contribution in [1.82, 2.24) is 0 Å². The van der Waals surface area contributed by atoms with Gasteiger partial charge in [-0.05, 0) is 18.2 Å². The predicted molar refractivity (Wildman–Crippen MR) is 74.8 cm³/mol. The van der Waals surface area contributed by atoms with Crippen molar-refractivity contribution in [1.29, 1.82) is 0 Å². The highest BCUT2D eigenvalue weighted by molar-refractivity contribution is 5.82. The van der Waals surface area contributed by atoms with E-state index >= 15 is 0 Å². The first kappa shape index (κ1) is 12.7. The molecular weight excluding hydrogens is 257 g/mol. The summed E-state index contributed by atoms with van der Waals surface area (Å²) in [5, 5.41) is 0.993. The van der Waals surface area contributed by atoms with E-state index in [0.29, 0.717) is 18.1 Å². The minimum Gasteiger partial charge on any atom is -0.486 e. The van der Waals surface area contributed by atoms with Crippen molar-refractivity contribution >= 4 is 11.0 Å². The Morgan fingerprint density at radius 1 is 1.10 bits per heavy atom. The number of hydrogen-bond donors (Lipinski definition) is 1. The fourth-order valence-electron chi connectivity index (χ4n) is 2.20. The number of ether oxygens (including phenoxy) is 1. The van der Waals surface area contributed by atoms with Gasteiger partial charge < -0.3 is 14.9 Å². The van der Waals surface area contributed by atoms with E-state index < -0.39 is 0 Å². The van der Waals surface area contributed by atoms with E-state index in [1.54, 1.807) is 12.1 Å². The number of rotatable bonds is 4. The number of furan rings is 1. The van der Waals surface area contributed by atoms with Crippen LogP contribution in [0.3, 0.4) is 0 Å². The number of benzene rings is 2. The number of hydrogen-bond acceptors (Lipinski definition) is 3. The molecular formula is C16H14FNO2. The number of fused-ring (bicyclic) bond motifs is 1. The lowest BCUT2D eigenvalue weighted by molar-refractivity contribution is 0.271. The van der Waals surface area contributed by atoms with Crippen molar-refractivity contribution in [2.75, 3.05) is 0 Å². The second kappa shape index (κ2) is 5.35. The van der Waals surface area contributed by atoms with Gasteiger partial charge in [-0.1, -0.05) is 24.3 Å². The molecule has 1 aromatic heterocycles. The fraction of sp³-hybridized carbons (Fsp3) is 0.125. The second-order valence-electron chi connectivity index (χ2n) is 4.45. The molecule has 0 radical (unpaired) electrons. The van der Waals surface area contributed by atoms with Gasteiger partial charge in [0.25, 0.3) is 0 Å². The summed E-state index contributed by atoms with van der Waals surface area (Å²) in [6.07, 6.45) is 0.